The maximum absolute atomic E-state index is 12.6. The van der Waals surface area contributed by atoms with E-state index in [9.17, 15) is 19.2 Å². The molecule has 41 heavy (non-hydrogen) atoms. The van der Waals surface area contributed by atoms with Crippen molar-refractivity contribution in [2.24, 2.45) is 11.8 Å². The highest BCUT2D eigenvalue weighted by molar-refractivity contribution is 6.00. The summed E-state index contributed by atoms with van der Waals surface area (Å²) in [6, 6.07) is 4.97. The third kappa shape index (κ3) is 7.58. The lowest BCUT2D eigenvalue weighted by atomic mass is 9.92. The molecular weight excluding hydrogens is 524 g/mol. The Morgan fingerprint density at radius 1 is 1.00 bits per heavy atom. The predicted molar refractivity (Wildman–Crippen MR) is 158 cm³/mol. The van der Waals surface area contributed by atoms with E-state index in [1.807, 2.05) is 52.8 Å². The highest BCUT2D eigenvalue weighted by Crippen LogP contribution is 2.30. The topological polar surface area (TPSA) is 114 Å². The zero-order valence-electron chi connectivity index (χ0n) is 25.2. The molecule has 3 aliphatic rings. The lowest BCUT2D eigenvalue weighted by Crippen LogP contribution is -2.43. The molecule has 3 saturated heterocycles. The van der Waals surface area contributed by atoms with E-state index in [1.54, 1.807) is 0 Å². The Bertz CT molecular complexity index is 1280. The van der Waals surface area contributed by atoms with Crippen molar-refractivity contribution in [2.75, 3.05) is 37.6 Å². The summed E-state index contributed by atoms with van der Waals surface area (Å²) in [6.45, 7) is 14.6. The van der Waals surface area contributed by atoms with Crippen molar-refractivity contribution < 1.29 is 23.5 Å². The van der Waals surface area contributed by atoms with Gasteiger partial charge in [-0.25, -0.2) is 4.79 Å². The molecule has 0 saturated carbocycles. The highest BCUT2D eigenvalue weighted by atomic mass is 16.6. The minimum atomic E-state index is -0.735. The van der Waals surface area contributed by atoms with Gasteiger partial charge in [0.2, 0.25) is 11.8 Å². The van der Waals surface area contributed by atoms with Crippen LogP contribution >= 0.6 is 0 Å². The smallest absolute Gasteiger partial charge is 0.420 e. The zero-order valence-corrected chi connectivity index (χ0v) is 25.2. The number of hydrogen-bond donors (Lipinski definition) is 1. The highest BCUT2D eigenvalue weighted by Gasteiger charge is 2.32. The van der Waals surface area contributed by atoms with Crippen LogP contribution in [0.3, 0.4) is 0 Å². The molecule has 2 aromatic rings. The van der Waals surface area contributed by atoms with Crippen LogP contribution in [0.1, 0.15) is 85.6 Å². The Morgan fingerprint density at radius 2 is 1.68 bits per heavy atom. The first-order valence-corrected chi connectivity index (χ1v) is 15.3. The number of anilines is 1. The summed E-state index contributed by atoms with van der Waals surface area (Å²) in [7, 11) is 0. The lowest BCUT2D eigenvalue weighted by molar-refractivity contribution is -0.161. The van der Waals surface area contributed by atoms with Crippen LogP contribution in [-0.4, -0.2) is 65.6 Å². The molecule has 1 aromatic carbocycles. The summed E-state index contributed by atoms with van der Waals surface area (Å²) < 4.78 is 12.4. The molecule has 0 spiro atoms. The number of oxazole rings is 1. The number of hydrogen-bond acceptors (Lipinski definition) is 8. The third-order valence-corrected chi connectivity index (χ3v) is 8.28. The van der Waals surface area contributed by atoms with Crippen LogP contribution in [0.4, 0.5) is 5.69 Å². The van der Waals surface area contributed by atoms with E-state index in [0.717, 1.165) is 70.5 Å². The molecule has 1 N–H and O–H groups in total. The number of esters is 1. The number of nitrogens with one attached hydrogen (secondary N) is 1. The molecule has 2 amide bonds. The summed E-state index contributed by atoms with van der Waals surface area (Å²) >= 11 is 0. The number of nitrogens with zero attached hydrogens (tertiary/aromatic N) is 3. The fourth-order valence-corrected chi connectivity index (χ4v) is 6.07. The van der Waals surface area contributed by atoms with Gasteiger partial charge >= 0.3 is 11.7 Å². The van der Waals surface area contributed by atoms with Crippen molar-refractivity contribution in [1.29, 1.82) is 0 Å². The monoisotopic (exact) mass is 570 g/mol. The molecule has 1 atom stereocenters. The van der Waals surface area contributed by atoms with Gasteiger partial charge in [0.05, 0.1) is 11.4 Å². The molecule has 10 nitrogen and oxygen atoms in total. The van der Waals surface area contributed by atoms with Gasteiger partial charge in [0.25, 0.3) is 0 Å². The molecule has 1 unspecified atom stereocenters. The second kappa shape index (κ2) is 13.2. The SMILES string of the molecule is CC.CC(C)(C)OC(=O)C1CCN(CCC2CCN(c3ccc4c(c3)oc(=O)n4C3CCC(=O)NC3=O)CC2)CC1. The second-order valence-corrected chi connectivity index (χ2v) is 12.2. The van der Waals surface area contributed by atoms with Crippen molar-refractivity contribution in [3.05, 3.63) is 28.7 Å². The Labute approximate surface area is 242 Å². The van der Waals surface area contributed by atoms with Gasteiger partial charge in [-0.3, -0.25) is 24.3 Å². The van der Waals surface area contributed by atoms with Crippen molar-refractivity contribution in [3.8, 4) is 0 Å². The number of imide groups is 1. The molecule has 3 aliphatic heterocycles. The standard InChI is InChI=1S/C29H40N4O6.C2H6/c1-29(2,3)39-27(36)20-11-14-31(15-12-20)13-8-19-9-16-32(17-10-19)21-4-5-22-24(18-21)38-28(37)33(22)23-6-7-25(34)30-26(23)35;1-2/h4-5,18-20,23H,6-17H2,1-3H3,(H,30,34,35);1-2H3. The van der Waals surface area contributed by atoms with E-state index in [0.29, 0.717) is 17.0 Å². The minimum Gasteiger partial charge on any atom is -0.460 e. The number of carbonyl (C=O) groups excluding carboxylic acids is 3. The molecule has 3 fully saturated rings. The maximum Gasteiger partial charge on any atom is 0.420 e. The molecule has 226 valence electrons. The van der Waals surface area contributed by atoms with Gasteiger partial charge in [0.15, 0.2) is 5.58 Å². The number of carbonyl (C=O) groups is 3. The third-order valence-electron chi connectivity index (χ3n) is 8.28. The number of aromatic nitrogens is 1. The van der Waals surface area contributed by atoms with Gasteiger partial charge < -0.3 is 19.0 Å². The van der Waals surface area contributed by atoms with Crippen molar-refractivity contribution in [1.82, 2.24) is 14.8 Å². The fraction of sp³-hybridized carbons (Fsp3) is 0.677. The lowest BCUT2D eigenvalue weighted by Gasteiger charge is -2.36. The average molecular weight is 571 g/mol. The van der Waals surface area contributed by atoms with Crippen LogP contribution in [0.2, 0.25) is 0 Å². The molecule has 0 bridgehead atoms. The van der Waals surface area contributed by atoms with Gasteiger partial charge in [-0.2, -0.15) is 0 Å². The molecule has 5 rings (SSSR count). The summed E-state index contributed by atoms with van der Waals surface area (Å²) in [5.41, 5.74) is 1.61. The predicted octanol–water partition coefficient (Wildman–Crippen LogP) is 4.26. The van der Waals surface area contributed by atoms with Crippen LogP contribution in [-0.2, 0) is 19.1 Å². The van der Waals surface area contributed by atoms with Gasteiger partial charge in [-0.1, -0.05) is 13.8 Å². The van der Waals surface area contributed by atoms with E-state index in [2.05, 4.69) is 15.1 Å². The summed E-state index contributed by atoms with van der Waals surface area (Å²) in [5, 5.41) is 2.31. The first-order valence-electron chi connectivity index (χ1n) is 15.3. The van der Waals surface area contributed by atoms with Crippen LogP contribution < -0.4 is 16.0 Å². The molecule has 4 heterocycles. The van der Waals surface area contributed by atoms with Crippen molar-refractivity contribution >= 4 is 34.6 Å². The zero-order chi connectivity index (χ0) is 29.7. The summed E-state index contributed by atoms with van der Waals surface area (Å²) in [6.07, 6.45) is 5.60. The van der Waals surface area contributed by atoms with Crippen LogP contribution in [0.25, 0.3) is 11.1 Å². The number of piperidine rings is 3. The number of rotatable bonds is 6. The average Bonchev–Trinajstić information content (AvgIpc) is 3.27. The number of amides is 2. The number of fused-ring (bicyclic) bond motifs is 1. The van der Waals surface area contributed by atoms with E-state index in [-0.39, 0.29) is 30.6 Å². The fourth-order valence-electron chi connectivity index (χ4n) is 6.07. The van der Waals surface area contributed by atoms with E-state index >= 15 is 0 Å². The normalized spacial score (nSPS) is 21.4. The Kier molecular flexibility index (Phi) is 9.94. The van der Waals surface area contributed by atoms with E-state index in [1.165, 1.54) is 4.57 Å². The Morgan fingerprint density at radius 3 is 2.32 bits per heavy atom. The molecule has 10 heteroatoms. The number of benzene rings is 1. The quantitative estimate of drug-likeness (QED) is 0.405. The molecule has 0 aliphatic carbocycles. The van der Waals surface area contributed by atoms with Crippen molar-refractivity contribution in [3.63, 3.8) is 0 Å². The maximum atomic E-state index is 12.6. The van der Waals surface area contributed by atoms with Gasteiger partial charge in [0, 0.05) is 31.3 Å². The number of likely N-dealkylation sites (tertiary alicyclic amines) is 1. The summed E-state index contributed by atoms with van der Waals surface area (Å²) in [4.78, 5) is 53.6. The summed E-state index contributed by atoms with van der Waals surface area (Å²) in [5.74, 6) is -0.725. The van der Waals surface area contributed by atoms with Crippen LogP contribution in [0.5, 0.6) is 0 Å². The van der Waals surface area contributed by atoms with E-state index in [4.69, 9.17) is 9.15 Å². The first kappa shape index (κ1) is 30.8. The van der Waals surface area contributed by atoms with Crippen LogP contribution in [0, 0.1) is 11.8 Å². The Balaban J connectivity index is 0.00000189. The van der Waals surface area contributed by atoms with Crippen molar-refractivity contribution in [2.45, 2.75) is 91.2 Å². The number of ether oxygens (including phenoxy) is 1. The molecule has 0 radical (unpaired) electrons. The van der Waals surface area contributed by atoms with Crippen LogP contribution in [0.15, 0.2) is 27.4 Å². The van der Waals surface area contributed by atoms with E-state index < -0.39 is 23.3 Å². The molecule has 1 aromatic heterocycles. The van der Waals surface area contributed by atoms with Gasteiger partial charge in [-0.15, -0.1) is 0 Å². The first-order chi connectivity index (χ1) is 19.6. The van der Waals surface area contributed by atoms with Gasteiger partial charge in [0.1, 0.15) is 11.6 Å². The van der Waals surface area contributed by atoms with Gasteiger partial charge in [-0.05, 0) is 97.0 Å². The second-order valence-electron chi connectivity index (χ2n) is 12.2. The largest absolute Gasteiger partial charge is 0.460 e. The Hall–Kier alpha value is -3.14. The molecular formula is C31H46N4O6. The minimum absolute atomic E-state index is 0.0198.